The van der Waals surface area contributed by atoms with Gasteiger partial charge in [0, 0.05) is 31.7 Å². The number of aliphatic imine (C=N–C) groups is 1. The highest BCUT2D eigenvalue weighted by atomic mass is 127. The lowest BCUT2D eigenvalue weighted by molar-refractivity contribution is 0.0170. The molecule has 0 saturated carbocycles. The number of rotatable bonds is 10. The molecule has 2 aromatic carbocycles. The van der Waals surface area contributed by atoms with Crippen molar-refractivity contribution < 1.29 is 14.2 Å². The number of guanidine groups is 1. The molecule has 2 N–H and O–H groups in total. The number of halogens is 1. The Morgan fingerprint density at radius 2 is 1.79 bits per heavy atom. The second kappa shape index (κ2) is 15.0. The molecule has 1 fully saturated rings. The van der Waals surface area contributed by atoms with Gasteiger partial charge < -0.3 is 24.8 Å². The van der Waals surface area contributed by atoms with Crippen LogP contribution in [0.3, 0.4) is 0 Å². The summed E-state index contributed by atoms with van der Waals surface area (Å²) in [6, 6.07) is 16.6. The van der Waals surface area contributed by atoms with Crippen LogP contribution in [0.4, 0.5) is 0 Å². The van der Waals surface area contributed by atoms with Gasteiger partial charge in [0.2, 0.25) is 0 Å². The molecule has 0 amide bonds. The normalized spacial score (nSPS) is 15.3. The molecule has 2 aromatic rings. The molecule has 0 aliphatic carbocycles. The van der Waals surface area contributed by atoms with Gasteiger partial charge in [-0.2, -0.15) is 0 Å². The zero-order chi connectivity index (χ0) is 22.6. The van der Waals surface area contributed by atoms with E-state index < -0.39 is 0 Å². The number of nitrogens with zero attached hydrogens (tertiary/aromatic N) is 2. The van der Waals surface area contributed by atoms with Gasteiger partial charge in [0.25, 0.3) is 0 Å². The van der Waals surface area contributed by atoms with Crippen molar-refractivity contribution in [3.8, 4) is 11.5 Å². The van der Waals surface area contributed by atoms with Crippen LogP contribution < -0.4 is 20.1 Å². The second-order valence-corrected chi connectivity index (χ2v) is 7.55. The van der Waals surface area contributed by atoms with E-state index in [1.165, 1.54) is 5.56 Å². The number of hydrogen-bond acceptors (Lipinski definition) is 5. The smallest absolute Gasteiger partial charge is 0.191 e. The summed E-state index contributed by atoms with van der Waals surface area (Å²) >= 11 is 0. The van der Waals surface area contributed by atoms with E-state index in [2.05, 4.69) is 40.7 Å². The van der Waals surface area contributed by atoms with Crippen LogP contribution in [0, 0.1) is 0 Å². The number of morpholine rings is 1. The Hall–Kier alpha value is -2.04. The van der Waals surface area contributed by atoms with E-state index in [0.29, 0.717) is 13.2 Å². The highest BCUT2D eigenvalue weighted by Crippen LogP contribution is 2.24. The first-order valence-corrected chi connectivity index (χ1v) is 11.4. The first-order chi connectivity index (χ1) is 15.7. The zero-order valence-corrected chi connectivity index (χ0v) is 22.2. The number of hydrogen-bond donors (Lipinski definition) is 2. The largest absolute Gasteiger partial charge is 0.497 e. The van der Waals surface area contributed by atoms with Crippen molar-refractivity contribution in [1.82, 2.24) is 15.5 Å². The van der Waals surface area contributed by atoms with Gasteiger partial charge in [-0.3, -0.25) is 4.90 Å². The molecule has 33 heavy (non-hydrogen) atoms. The molecular weight excluding hydrogens is 531 g/mol. The van der Waals surface area contributed by atoms with E-state index in [9.17, 15) is 0 Å². The van der Waals surface area contributed by atoms with Crippen molar-refractivity contribution in [3.63, 3.8) is 0 Å². The summed E-state index contributed by atoms with van der Waals surface area (Å²) in [4.78, 5) is 7.28. The van der Waals surface area contributed by atoms with Crippen LogP contribution in [0.2, 0.25) is 0 Å². The first kappa shape index (κ1) is 27.2. The summed E-state index contributed by atoms with van der Waals surface area (Å²) in [6.07, 6.45) is 0. The van der Waals surface area contributed by atoms with Crippen LogP contribution in [0.25, 0.3) is 0 Å². The van der Waals surface area contributed by atoms with E-state index in [0.717, 1.165) is 62.4 Å². The minimum Gasteiger partial charge on any atom is -0.497 e. The Morgan fingerprint density at radius 1 is 1.06 bits per heavy atom. The maximum absolute atomic E-state index is 5.74. The monoisotopic (exact) mass is 568 g/mol. The number of ether oxygens (including phenoxy) is 3. The fourth-order valence-corrected chi connectivity index (χ4v) is 3.80. The van der Waals surface area contributed by atoms with Gasteiger partial charge in [0.15, 0.2) is 5.96 Å². The van der Waals surface area contributed by atoms with Crippen molar-refractivity contribution in [2.24, 2.45) is 4.99 Å². The van der Waals surface area contributed by atoms with E-state index in [1.807, 2.05) is 37.3 Å². The molecule has 8 heteroatoms. The molecule has 1 saturated heterocycles. The summed E-state index contributed by atoms with van der Waals surface area (Å²) in [5.74, 6) is 2.55. The van der Waals surface area contributed by atoms with Gasteiger partial charge in [-0.1, -0.05) is 30.3 Å². The molecule has 182 valence electrons. The van der Waals surface area contributed by atoms with Crippen LogP contribution in [0.1, 0.15) is 31.0 Å². The average molecular weight is 569 g/mol. The lowest BCUT2D eigenvalue weighted by atomic mass is 10.0. The van der Waals surface area contributed by atoms with Crippen molar-refractivity contribution >= 4 is 29.9 Å². The quantitative estimate of drug-likeness (QED) is 0.258. The van der Waals surface area contributed by atoms with Crippen molar-refractivity contribution in [1.29, 1.82) is 0 Å². The lowest BCUT2D eigenvalue weighted by Crippen LogP contribution is -2.46. The molecule has 1 aliphatic rings. The van der Waals surface area contributed by atoms with Crippen LogP contribution in [-0.2, 0) is 11.3 Å². The fourth-order valence-electron chi connectivity index (χ4n) is 3.80. The standard InChI is InChI=1S/C25H36N4O3.HI/c1-4-26-25(27-18-21-8-6-7-9-24(21)32-5-2)28-19-23(29-14-16-31-17-15-29)20-10-12-22(30-3)13-11-20;/h6-13,23H,4-5,14-19H2,1-3H3,(H2,26,27,28);1H. The zero-order valence-electron chi connectivity index (χ0n) is 19.9. The second-order valence-electron chi connectivity index (χ2n) is 7.55. The van der Waals surface area contributed by atoms with Crippen molar-refractivity contribution in [2.75, 3.05) is 53.1 Å². The molecule has 7 nitrogen and oxygen atoms in total. The molecule has 1 atom stereocenters. The Kier molecular flexibility index (Phi) is 12.3. The van der Waals surface area contributed by atoms with Crippen molar-refractivity contribution in [2.45, 2.75) is 26.4 Å². The minimum atomic E-state index is 0. The molecule has 1 heterocycles. The molecule has 0 bridgehead atoms. The molecule has 0 aromatic heterocycles. The predicted octanol–water partition coefficient (Wildman–Crippen LogP) is 3.84. The number of benzene rings is 2. The molecule has 0 spiro atoms. The van der Waals surface area contributed by atoms with Crippen molar-refractivity contribution in [3.05, 3.63) is 59.7 Å². The first-order valence-electron chi connectivity index (χ1n) is 11.4. The van der Waals surface area contributed by atoms with Gasteiger partial charge in [-0.25, -0.2) is 4.99 Å². The lowest BCUT2D eigenvalue weighted by Gasteiger charge is -2.35. The van der Waals surface area contributed by atoms with E-state index in [4.69, 9.17) is 19.2 Å². The summed E-state index contributed by atoms with van der Waals surface area (Å²) < 4.78 is 16.7. The molecule has 0 radical (unpaired) electrons. The number of methoxy groups -OCH3 is 1. The average Bonchev–Trinajstić information content (AvgIpc) is 2.84. The van der Waals surface area contributed by atoms with Crippen LogP contribution in [0.15, 0.2) is 53.5 Å². The van der Waals surface area contributed by atoms with Crippen LogP contribution >= 0.6 is 24.0 Å². The maximum Gasteiger partial charge on any atom is 0.191 e. The molecular formula is C25H37IN4O3. The summed E-state index contributed by atoms with van der Waals surface area (Å²) in [7, 11) is 1.69. The van der Waals surface area contributed by atoms with Crippen LogP contribution in [0.5, 0.6) is 11.5 Å². The van der Waals surface area contributed by atoms with Gasteiger partial charge in [0.05, 0.1) is 39.5 Å². The third-order valence-corrected chi connectivity index (χ3v) is 5.47. The molecule has 1 unspecified atom stereocenters. The minimum absolute atomic E-state index is 0. The van der Waals surface area contributed by atoms with Gasteiger partial charge in [0.1, 0.15) is 11.5 Å². The van der Waals surface area contributed by atoms with Gasteiger partial charge >= 0.3 is 0 Å². The SMILES string of the molecule is CCNC(=NCc1ccccc1OCC)NCC(c1ccc(OC)cc1)N1CCOCC1.I. The fraction of sp³-hybridized carbons (Fsp3) is 0.480. The van der Waals surface area contributed by atoms with E-state index in [-0.39, 0.29) is 30.0 Å². The predicted molar refractivity (Wildman–Crippen MR) is 144 cm³/mol. The maximum atomic E-state index is 5.74. The van der Waals surface area contributed by atoms with E-state index in [1.54, 1.807) is 7.11 Å². The molecule has 3 rings (SSSR count). The summed E-state index contributed by atoms with van der Waals surface area (Å²) in [5.41, 5.74) is 2.32. The Balaban J connectivity index is 0.00000385. The highest BCUT2D eigenvalue weighted by Gasteiger charge is 2.23. The van der Waals surface area contributed by atoms with Gasteiger partial charge in [-0.15, -0.1) is 24.0 Å². The summed E-state index contributed by atoms with van der Waals surface area (Å²) in [5, 5.41) is 6.92. The van der Waals surface area contributed by atoms with Gasteiger partial charge in [-0.05, 0) is 37.6 Å². The molecule has 1 aliphatic heterocycles. The van der Waals surface area contributed by atoms with E-state index >= 15 is 0 Å². The third kappa shape index (κ3) is 8.35. The van der Waals surface area contributed by atoms with Crippen LogP contribution in [-0.4, -0.2) is 64.0 Å². The highest BCUT2D eigenvalue weighted by molar-refractivity contribution is 14.0. The number of para-hydroxylation sites is 1. The Bertz CT molecular complexity index is 842. The topological polar surface area (TPSA) is 67.4 Å². The third-order valence-electron chi connectivity index (χ3n) is 5.47. The Morgan fingerprint density at radius 3 is 2.45 bits per heavy atom. The number of nitrogens with one attached hydrogen (secondary N) is 2. The Labute approximate surface area is 214 Å². The summed E-state index contributed by atoms with van der Waals surface area (Å²) in [6.45, 7) is 10.1.